The highest BCUT2D eigenvalue weighted by atomic mass is 32.2. The Morgan fingerprint density at radius 3 is 2.26 bits per heavy atom. The highest BCUT2D eigenvalue weighted by Crippen LogP contribution is 2.46. The zero-order valence-corrected chi connectivity index (χ0v) is 19.2. The molecule has 2 atom stereocenters. The number of nitrogens with zero attached hydrogens (tertiary/aromatic N) is 1. The van der Waals surface area contributed by atoms with E-state index in [2.05, 4.69) is 12.1 Å². The number of ether oxygens (including phenoxy) is 2. The quantitative estimate of drug-likeness (QED) is 0.542. The third-order valence-corrected chi connectivity index (χ3v) is 7.64. The Morgan fingerprint density at radius 2 is 1.68 bits per heavy atom. The van der Waals surface area contributed by atoms with E-state index in [1.807, 2.05) is 36.4 Å². The summed E-state index contributed by atoms with van der Waals surface area (Å²) in [6.45, 7) is 0.0982. The van der Waals surface area contributed by atoms with Crippen LogP contribution in [0.1, 0.15) is 28.0 Å². The Labute approximate surface area is 200 Å². The van der Waals surface area contributed by atoms with Gasteiger partial charge in [-0.15, -0.1) is 11.8 Å². The molecule has 174 valence electrons. The number of methoxy groups -OCH3 is 1. The van der Waals surface area contributed by atoms with E-state index >= 15 is 0 Å². The number of hydrogen-bond donors (Lipinski definition) is 2. The van der Waals surface area contributed by atoms with Crippen LogP contribution in [0, 0.1) is 0 Å². The number of phenols is 1. The molecule has 0 spiro atoms. The summed E-state index contributed by atoms with van der Waals surface area (Å²) in [5, 5.41) is 19.3. The zero-order chi connectivity index (χ0) is 23.8. The number of phenolic OH excluding ortho intramolecular Hbond substituents is 1. The van der Waals surface area contributed by atoms with E-state index in [0.29, 0.717) is 11.3 Å². The fraction of sp³-hybridized carbons (Fsp3) is 0.231. The van der Waals surface area contributed by atoms with E-state index in [-0.39, 0.29) is 24.0 Å². The Kier molecular flexibility index (Phi) is 5.83. The fourth-order valence-corrected chi connectivity index (χ4v) is 6.11. The summed E-state index contributed by atoms with van der Waals surface area (Å²) >= 11 is 1.32. The zero-order valence-electron chi connectivity index (χ0n) is 18.4. The van der Waals surface area contributed by atoms with Gasteiger partial charge in [0.15, 0.2) is 11.5 Å². The maximum Gasteiger partial charge on any atom is 0.411 e. The number of aliphatic carboxylic acids is 1. The first-order valence-electron chi connectivity index (χ1n) is 10.8. The standard InChI is InChI=1S/C26H23NO6S/c1-32-23-11-10-15(12-22(23)28)24-27(21(14-34-24)25(29)30)26(31)33-13-20-18-8-4-2-6-16(18)17-7-3-5-9-19(17)20/h2-12,20-21,24,28H,13-14H2,1H3,(H,29,30)/t21-,24?/m0/s1. The van der Waals surface area contributed by atoms with Gasteiger partial charge in [0.05, 0.1) is 7.11 Å². The Hall–Kier alpha value is -3.65. The first kappa shape index (κ1) is 22.2. The number of aromatic hydroxyl groups is 1. The van der Waals surface area contributed by atoms with E-state index in [0.717, 1.165) is 22.3 Å². The second-order valence-electron chi connectivity index (χ2n) is 8.18. The largest absolute Gasteiger partial charge is 0.504 e. The molecule has 5 rings (SSSR count). The van der Waals surface area contributed by atoms with Crippen LogP contribution in [0.4, 0.5) is 4.79 Å². The van der Waals surface area contributed by atoms with Gasteiger partial charge in [-0.3, -0.25) is 4.90 Å². The number of amides is 1. The molecule has 0 aromatic heterocycles. The molecule has 3 aromatic carbocycles. The molecule has 1 fully saturated rings. The molecule has 0 radical (unpaired) electrons. The minimum atomic E-state index is -1.10. The van der Waals surface area contributed by atoms with Crippen molar-refractivity contribution in [2.24, 2.45) is 0 Å². The van der Waals surface area contributed by atoms with E-state index < -0.39 is 23.5 Å². The second-order valence-corrected chi connectivity index (χ2v) is 9.30. The molecule has 1 heterocycles. The SMILES string of the molecule is COc1ccc(C2SC[C@@H](C(=O)O)N2C(=O)OCC2c3ccccc3-c3ccccc32)cc1O. The van der Waals surface area contributed by atoms with Crippen LogP contribution in [0.5, 0.6) is 11.5 Å². The molecular formula is C26H23NO6S. The van der Waals surface area contributed by atoms with Gasteiger partial charge in [-0.2, -0.15) is 0 Å². The van der Waals surface area contributed by atoms with Crippen molar-refractivity contribution >= 4 is 23.8 Å². The predicted molar refractivity (Wildman–Crippen MR) is 128 cm³/mol. The van der Waals surface area contributed by atoms with Crippen molar-refractivity contribution in [2.75, 3.05) is 19.5 Å². The highest BCUT2D eigenvalue weighted by Gasteiger charge is 2.44. The summed E-state index contributed by atoms with van der Waals surface area (Å²) in [6, 6.07) is 19.8. The summed E-state index contributed by atoms with van der Waals surface area (Å²) in [5.41, 5.74) is 5.00. The van der Waals surface area contributed by atoms with Crippen LogP contribution in [0.2, 0.25) is 0 Å². The van der Waals surface area contributed by atoms with E-state index in [4.69, 9.17) is 9.47 Å². The Bertz CT molecular complexity index is 1220. The average Bonchev–Trinajstić information content (AvgIpc) is 3.43. The molecule has 0 saturated carbocycles. The molecule has 1 amide bonds. The monoisotopic (exact) mass is 477 g/mol. The summed E-state index contributed by atoms with van der Waals surface area (Å²) in [4.78, 5) is 26.4. The summed E-state index contributed by atoms with van der Waals surface area (Å²) in [6.07, 6.45) is -0.695. The number of carboxylic acid groups (broad SMARTS) is 1. The van der Waals surface area contributed by atoms with Crippen LogP contribution in [0.3, 0.4) is 0 Å². The highest BCUT2D eigenvalue weighted by molar-refractivity contribution is 7.99. The first-order chi connectivity index (χ1) is 16.5. The number of thioether (sulfide) groups is 1. The van der Waals surface area contributed by atoms with Crippen LogP contribution in [-0.2, 0) is 9.53 Å². The van der Waals surface area contributed by atoms with Crippen molar-refractivity contribution in [1.82, 2.24) is 4.90 Å². The molecule has 0 bridgehead atoms. The van der Waals surface area contributed by atoms with Gasteiger partial charge in [-0.1, -0.05) is 54.6 Å². The van der Waals surface area contributed by atoms with E-state index in [1.165, 1.54) is 29.8 Å². The molecule has 2 aliphatic rings. The van der Waals surface area contributed by atoms with Gasteiger partial charge in [0.2, 0.25) is 0 Å². The van der Waals surface area contributed by atoms with Gasteiger partial charge in [0.1, 0.15) is 18.0 Å². The maximum absolute atomic E-state index is 13.3. The van der Waals surface area contributed by atoms with Crippen LogP contribution in [0.25, 0.3) is 11.1 Å². The van der Waals surface area contributed by atoms with Crippen molar-refractivity contribution in [3.8, 4) is 22.6 Å². The number of carbonyl (C=O) groups is 2. The number of rotatable bonds is 5. The number of carbonyl (C=O) groups excluding carboxylic acids is 1. The van der Waals surface area contributed by atoms with Crippen molar-refractivity contribution in [3.63, 3.8) is 0 Å². The van der Waals surface area contributed by atoms with Crippen LogP contribution in [-0.4, -0.2) is 52.7 Å². The third kappa shape index (κ3) is 3.74. The molecule has 7 nitrogen and oxygen atoms in total. The number of fused-ring (bicyclic) bond motifs is 3. The van der Waals surface area contributed by atoms with Gasteiger partial charge >= 0.3 is 12.1 Å². The molecule has 34 heavy (non-hydrogen) atoms. The summed E-state index contributed by atoms with van der Waals surface area (Å²) in [7, 11) is 1.45. The second kappa shape index (κ2) is 8.95. The minimum absolute atomic E-state index is 0.0770. The lowest BCUT2D eigenvalue weighted by molar-refractivity contribution is -0.141. The smallest absolute Gasteiger partial charge is 0.411 e. The Balaban J connectivity index is 1.40. The van der Waals surface area contributed by atoms with E-state index in [1.54, 1.807) is 12.1 Å². The van der Waals surface area contributed by atoms with Crippen molar-refractivity contribution in [3.05, 3.63) is 83.4 Å². The third-order valence-electron chi connectivity index (χ3n) is 6.32. The Morgan fingerprint density at radius 1 is 1.03 bits per heavy atom. The lowest BCUT2D eigenvalue weighted by Gasteiger charge is -2.27. The van der Waals surface area contributed by atoms with Gasteiger partial charge in [0.25, 0.3) is 0 Å². The average molecular weight is 478 g/mol. The molecule has 1 saturated heterocycles. The number of hydrogen-bond acceptors (Lipinski definition) is 6. The van der Waals surface area contributed by atoms with Gasteiger partial charge < -0.3 is 19.7 Å². The van der Waals surface area contributed by atoms with Gasteiger partial charge in [-0.05, 0) is 39.9 Å². The number of benzene rings is 3. The number of carboxylic acids is 1. The molecular weight excluding hydrogens is 454 g/mol. The summed E-state index contributed by atoms with van der Waals surface area (Å²) in [5.74, 6) is -0.780. The van der Waals surface area contributed by atoms with Crippen molar-refractivity contribution < 1.29 is 29.3 Å². The molecule has 1 aliphatic heterocycles. The van der Waals surface area contributed by atoms with Crippen molar-refractivity contribution in [2.45, 2.75) is 17.3 Å². The summed E-state index contributed by atoms with van der Waals surface area (Å²) < 4.78 is 10.8. The van der Waals surface area contributed by atoms with Crippen LogP contribution >= 0.6 is 11.8 Å². The molecule has 2 N–H and O–H groups in total. The molecule has 1 unspecified atom stereocenters. The molecule has 8 heteroatoms. The lowest BCUT2D eigenvalue weighted by atomic mass is 9.98. The topological polar surface area (TPSA) is 96.3 Å². The minimum Gasteiger partial charge on any atom is -0.504 e. The van der Waals surface area contributed by atoms with Gasteiger partial charge in [0, 0.05) is 11.7 Å². The van der Waals surface area contributed by atoms with Crippen molar-refractivity contribution in [1.29, 1.82) is 0 Å². The van der Waals surface area contributed by atoms with Gasteiger partial charge in [-0.25, -0.2) is 9.59 Å². The molecule has 3 aromatic rings. The fourth-order valence-electron chi connectivity index (χ4n) is 4.71. The van der Waals surface area contributed by atoms with Crippen LogP contribution < -0.4 is 4.74 Å². The first-order valence-corrected chi connectivity index (χ1v) is 11.9. The predicted octanol–water partition coefficient (Wildman–Crippen LogP) is 4.85. The normalized spacial score (nSPS) is 18.9. The molecule has 1 aliphatic carbocycles. The van der Waals surface area contributed by atoms with Crippen LogP contribution in [0.15, 0.2) is 66.7 Å². The maximum atomic E-state index is 13.3. The van der Waals surface area contributed by atoms with E-state index in [9.17, 15) is 19.8 Å². The lowest BCUT2D eigenvalue weighted by Crippen LogP contribution is -2.43.